The van der Waals surface area contributed by atoms with E-state index in [-0.39, 0.29) is 17.9 Å². The summed E-state index contributed by atoms with van der Waals surface area (Å²) in [6.45, 7) is 0. The number of nitro groups is 1. The molecule has 0 aliphatic heterocycles. The van der Waals surface area contributed by atoms with Gasteiger partial charge in [-0.3, -0.25) is 19.9 Å². The number of hydrogen-bond donors (Lipinski definition) is 0. The zero-order valence-corrected chi connectivity index (χ0v) is 10.6. The molecule has 0 N–H and O–H groups in total. The van der Waals surface area contributed by atoms with E-state index in [2.05, 4.69) is 4.98 Å². The minimum Gasteiger partial charge on any atom is -0.294 e. The van der Waals surface area contributed by atoms with Crippen molar-refractivity contribution in [3.63, 3.8) is 0 Å². The standard InChI is InChI=1S/C15H12N2O3/c18-15(13-6-3-9-16-11-13)8-2-5-12-4-1-7-14(10-12)17(19)20/h1-7,9-11H,8H2. The van der Waals surface area contributed by atoms with E-state index < -0.39 is 4.92 Å². The van der Waals surface area contributed by atoms with Crippen LogP contribution in [0, 0.1) is 10.1 Å². The van der Waals surface area contributed by atoms with Crippen molar-refractivity contribution in [1.29, 1.82) is 0 Å². The Balaban J connectivity index is 2.02. The molecule has 0 aliphatic rings. The molecule has 0 fully saturated rings. The molecule has 0 radical (unpaired) electrons. The highest BCUT2D eigenvalue weighted by Crippen LogP contribution is 2.14. The molecule has 0 unspecified atom stereocenters. The molecule has 2 rings (SSSR count). The van der Waals surface area contributed by atoms with Crippen LogP contribution < -0.4 is 0 Å². The van der Waals surface area contributed by atoms with E-state index in [4.69, 9.17) is 0 Å². The van der Waals surface area contributed by atoms with Crippen molar-refractivity contribution in [1.82, 2.24) is 4.98 Å². The first-order valence-corrected chi connectivity index (χ1v) is 6.01. The highest BCUT2D eigenvalue weighted by atomic mass is 16.6. The molecule has 0 saturated heterocycles. The fraction of sp³-hybridized carbons (Fsp3) is 0.0667. The Bertz CT molecular complexity index is 651. The van der Waals surface area contributed by atoms with Gasteiger partial charge in [0, 0.05) is 36.5 Å². The van der Waals surface area contributed by atoms with Gasteiger partial charge >= 0.3 is 0 Å². The van der Waals surface area contributed by atoms with E-state index in [1.165, 1.54) is 18.3 Å². The third kappa shape index (κ3) is 3.58. The van der Waals surface area contributed by atoms with Crippen LogP contribution in [0.15, 0.2) is 54.9 Å². The maximum absolute atomic E-state index is 11.8. The molecule has 0 amide bonds. The van der Waals surface area contributed by atoms with Gasteiger partial charge in [-0.1, -0.05) is 24.3 Å². The number of carbonyl (C=O) groups is 1. The third-order valence-corrected chi connectivity index (χ3v) is 2.68. The van der Waals surface area contributed by atoms with E-state index >= 15 is 0 Å². The molecule has 1 aromatic carbocycles. The molecule has 5 nitrogen and oxygen atoms in total. The molecule has 0 aliphatic carbocycles. The summed E-state index contributed by atoms with van der Waals surface area (Å²) in [6, 6.07) is 9.66. The smallest absolute Gasteiger partial charge is 0.270 e. The summed E-state index contributed by atoms with van der Waals surface area (Å²) in [4.78, 5) is 25.9. The second kappa shape index (κ2) is 6.38. The van der Waals surface area contributed by atoms with Crippen LogP contribution in [0.4, 0.5) is 5.69 Å². The normalized spacial score (nSPS) is 10.6. The van der Waals surface area contributed by atoms with Gasteiger partial charge in [-0.25, -0.2) is 0 Å². The monoisotopic (exact) mass is 268 g/mol. The topological polar surface area (TPSA) is 73.1 Å². The molecule has 1 aromatic heterocycles. The predicted octanol–water partition coefficient (Wildman–Crippen LogP) is 3.28. The number of non-ortho nitro benzene ring substituents is 1. The predicted molar refractivity (Wildman–Crippen MR) is 75.3 cm³/mol. The number of pyridine rings is 1. The Morgan fingerprint density at radius 3 is 2.85 bits per heavy atom. The fourth-order valence-corrected chi connectivity index (χ4v) is 1.69. The lowest BCUT2D eigenvalue weighted by Crippen LogP contribution is -1.96. The Morgan fingerprint density at radius 1 is 1.30 bits per heavy atom. The van der Waals surface area contributed by atoms with Crippen molar-refractivity contribution >= 4 is 17.5 Å². The fourth-order valence-electron chi connectivity index (χ4n) is 1.69. The molecule has 0 spiro atoms. The summed E-state index contributed by atoms with van der Waals surface area (Å²) in [5, 5.41) is 10.6. The summed E-state index contributed by atoms with van der Waals surface area (Å²) < 4.78 is 0. The number of allylic oxidation sites excluding steroid dienone is 1. The zero-order chi connectivity index (χ0) is 14.4. The van der Waals surface area contributed by atoms with Crippen LogP contribution in [0.3, 0.4) is 0 Å². The van der Waals surface area contributed by atoms with Crippen LogP contribution in [0.25, 0.3) is 6.08 Å². The molecule has 0 saturated carbocycles. The molecular formula is C15H12N2O3. The van der Waals surface area contributed by atoms with Gasteiger partial charge in [0.15, 0.2) is 5.78 Å². The molecular weight excluding hydrogens is 256 g/mol. The van der Waals surface area contributed by atoms with E-state index in [1.54, 1.807) is 42.6 Å². The summed E-state index contributed by atoms with van der Waals surface area (Å²) in [6.07, 6.45) is 6.74. The van der Waals surface area contributed by atoms with Gasteiger partial charge in [0.1, 0.15) is 0 Å². The highest BCUT2D eigenvalue weighted by Gasteiger charge is 2.05. The average molecular weight is 268 g/mol. The molecule has 100 valence electrons. The SMILES string of the molecule is O=C(CC=Cc1cccc([N+](=O)[O-])c1)c1cccnc1. The number of aromatic nitrogens is 1. The van der Waals surface area contributed by atoms with Crippen molar-refractivity contribution in [3.8, 4) is 0 Å². The van der Waals surface area contributed by atoms with E-state index in [9.17, 15) is 14.9 Å². The van der Waals surface area contributed by atoms with Crippen LogP contribution in [0.5, 0.6) is 0 Å². The lowest BCUT2D eigenvalue weighted by Gasteiger charge is -1.96. The number of nitrogens with zero attached hydrogens (tertiary/aromatic N) is 2. The first-order chi connectivity index (χ1) is 9.66. The first-order valence-electron chi connectivity index (χ1n) is 6.01. The number of nitro benzene ring substituents is 1. The zero-order valence-electron chi connectivity index (χ0n) is 10.6. The third-order valence-electron chi connectivity index (χ3n) is 2.68. The van der Waals surface area contributed by atoms with Crippen LogP contribution in [0.2, 0.25) is 0 Å². The van der Waals surface area contributed by atoms with Gasteiger partial charge in [-0.15, -0.1) is 0 Å². The minimum absolute atomic E-state index is 0.0331. The Morgan fingerprint density at radius 2 is 2.15 bits per heavy atom. The second-order valence-electron chi connectivity index (χ2n) is 4.12. The van der Waals surface area contributed by atoms with Gasteiger partial charge < -0.3 is 0 Å². The number of Topliss-reactive ketones (excluding diaryl/α,β-unsaturated/α-hetero) is 1. The number of rotatable bonds is 5. The first kappa shape index (κ1) is 13.6. The summed E-state index contributed by atoms with van der Waals surface area (Å²) in [7, 11) is 0. The number of carbonyl (C=O) groups excluding carboxylic acids is 1. The van der Waals surface area contributed by atoms with Crippen molar-refractivity contribution in [3.05, 3.63) is 76.1 Å². The lowest BCUT2D eigenvalue weighted by molar-refractivity contribution is -0.384. The van der Waals surface area contributed by atoms with E-state index in [0.717, 1.165) is 0 Å². The number of ketones is 1. The Labute approximate surface area is 115 Å². The largest absolute Gasteiger partial charge is 0.294 e. The van der Waals surface area contributed by atoms with Crippen LogP contribution in [0.1, 0.15) is 22.3 Å². The van der Waals surface area contributed by atoms with E-state index in [1.807, 2.05) is 0 Å². The van der Waals surface area contributed by atoms with Crippen LogP contribution in [-0.4, -0.2) is 15.7 Å². The van der Waals surface area contributed by atoms with Crippen LogP contribution >= 0.6 is 0 Å². The summed E-state index contributed by atoms with van der Waals surface area (Å²) in [5.41, 5.74) is 1.28. The van der Waals surface area contributed by atoms with Gasteiger partial charge in [-0.05, 0) is 17.7 Å². The maximum atomic E-state index is 11.8. The van der Waals surface area contributed by atoms with Gasteiger partial charge in [-0.2, -0.15) is 0 Å². The molecule has 2 aromatic rings. The lowest BCUT2D eigenvalue weighted by atomic mass is 10.1. The quantitative estimate of drug-likeness (QED) is 0.474. The molecule has 20 heavy (non-hydrogen) atoms. The van der Waals surface area contributed by atoms with Crippen molar-refractivity contribution < 1.29 is 9.72 Å². The summed E-state index contributed by atoms with van der Waals surface area (Å²) in [5.74, 6) is -0.0419. The molecule has 0 bridgehead atoms. The van der Waals surface area contributed by atoms with Crippen molar-refractivity contribution in [2.24, 2.45) is 0 Å². The van der Waals surface area contributed by atoms with E-state index in [0.29, 0.717) is 11.1 Å². The Kier molecular flexibility index (Phi) is 4.34. The van der Waals surface area contributed by atoms with Crippen LogP contribution in [-0.2, 0) is 0 Å². The Hall–Kier alpha value is -2.82. The van der Waals surface area contributed by atoms with Gasteiger partial charge in [0.2, 0.25) is 0 Å². The second-order valence-corrected chi connectivity index (χ2v) is 4.12. The number of hydrogen-bond acceptors (Lipinski definition) is 4. The molecule has 5 heteroatoms. The maximum Gasteiger partial charge on any atom is 0.270 e. The molecule has 0 atom stereocenters. The van der Waals surface area contributed by atoms with Gasteiger partial charge in [0.05, 0.1) is 4.92 Å². The highest BCUT2D eigenvalue weighted by molar-refractivity contribution is 5.97. The average Bonchev–Trinajstić information content (AvgIpc) is 2.48. The van der Waals surface area contributed by atoms with Gasteiger partial charge in [0.25, 0.3) is 5.69 Å². The van der Waals surface area contributed by atoms with Crippen molar-refractivity contribution in [2.45, 2.75) is 6.42 Å². The minimum atomic E-state index is -0.446. The molecule has 1 heterocycles. The summed E-state index contributed by atoms with van der Waals surface area (Å²) >= 11 is 0. The number of benzene rings is 1. The van der Waals surface area contributed by atoms with Crippen molar-refractivity contribution in [2.75, 3.05) is 0 Å².